The summed E-state index contributed by atoms with van der Waals surface area (Å²) in [6.07, 6.45) is 1.22. The van der Waals surface area contributed by atoms with Crippen LogP contribution in [0.3, 0.4) is 0 Å². The first kappa shape index (κ1) is 20.9. The van der Waals surface area contributed by atoms with Gasteiger partial charge in [0.2, 0.25) is 0 Å². The Labute approximate surface area is 174 Å². The standard InChI is InChI=1S/C26H31NO2/c1-20(2)29-25-15-11-23(12-16-25)26(22-7-5-4-6-8-22)17-18-27-19-21-9-13-24(28-3)14-10-21/h4-16,20,26-27H,17-19H2,1-3H3/t26-/m1/s1. The quantitative estimate of drug-likeness (QED) is 0.445. The molecule has 0 heterocycles. The Morgan fingerprint density at radius 1 is 0.759 bits per heavy atom. The van der Waals surface area contributed by atoms with Crippen LogP contribution in [-0.2, 0) is 6.54 Å². The van der Waals surface area contributed by atoms with Gasteiger partial charge in [-0.3, -0.25) is 0 Å². The van der Waals surface area contributed by atoms with Crippen molar-refractivity contribution in [3.05, 3.63) is 95.6 Å². The first-order valence-corrected chi connectivity index (χ1v) is 10.3. The highest BCUT2D eigenvalue weighted by Crippen LogP contribution is 2.29. The van der Waals surface area contributed by atoms with E-state index in [1.165, 1.54) is 16.7 Å². The second-order valence-electron chi connectivity index (χ2n) is 7.51. The van der Waals surface area contributed by atoms with E-state index in [0.717, 1.165) is 31.0 Å². The van der Waals surface area contributed by atoms with Crippen molar-refractivity contribution >= 4 is 0 Å². The molecule has 0 aliphatic carbocycles. The third-order valence-corrected chi connectivity index (χ3v) is 4.95. The van der Waals surface area contributed by atoms with Gasteiger partial charge in [0, 0.05) is 12.5 Å². The van der Waals surface area contributed by atoms with Crippen LogP contribution in [0.15, 0.2) is 78.9 Å². The van der Waals surface area contributed by atoms with E-state index >= 15 is 0 Å². The first-order valence-electron chi connectivity index (χ1n) is 10.3. The van der Waals surface area contributed by atoms with E-state index in [9.17, 15) is 0 Å². The third kappa shape index (κ3) is 6.37. The van der Waals surface area contributed by atoms with Gasteiger partial charge in [-0.15, -0.1) is 0 Å². The van der Waals surface area contributed by atoms with Crippen LogP contribution < -0.4 is 14.8 Å². The van der Waals surface area contributed by atoms with E-state index in [-0.39, 0.29) is 6.10 Å². The van der Waals surface area contributed by atoms with Crippen LogP contribution in [0.5, 0.6) is 11.5 Å². The molecule has 0 unspecified atom stereocenters. The molecule has 0 bridgehead atoms. The van der Waals surface area contributed by atoms with Crippen molar-refractivity contribution in [3.63, 3.8) is 0 Å². The van der Waals surface area contributed by atoms with Crippen LogP contribution in [0.4, 0.5) is 0 Å². The zero-order valence-corrected chi connectivity index (χ0v) is 17.6. The first-order chi connectivity index (χ1) is 14.2. The summed E-state index contributed by atoms with van der Waals surface area (Å²) < 4.78 is 11.0. The molecule has 0 aromatic heterocycles. The monoisotopic (exact) mass is 389 g/mol. The minimum absolute atomic E-state index is 0.188. The van der Waals surface area contributed by atoms with E-state index in [2.05, 4.69) is 85.9 Å². The van der Waals surface area contributed by atoms with Crippen LogP contribution in [0.25, 0.3) is 0 Å². The van der Waals surface area contributed by atoms with Crippen molar-refractivity contribution < 1.29 is 9.47 Å². The van der Waals surface area contributed by atoms with E-state index in [4.69, 9.17) is 9.47 Å². The summed E-state index contributed by atoms with van der Waals surface area (Å²) in [5, 5.41) is 3.58. The van der Waals surface area contributed by atoms with E-state index in [1.54, 1.807) is 7.11 Å². The lowest BCUT2D eigenvalue weighted by molar-refractivity contribution is 0.242. The lowest BCUT2D eigenvalue weighted by Gasteiger charge is -2.19. The molecule has 29 heavy (non-hydrogen) atoms. The number of methoxy groups -OCH3 is 1. The zero-order valence-electron chi connectivity index (χ0n) is 17.6. The van der Waals surface area contributed by atoms with Crippen LogP contribution in [0.1, 0.15) is 42.9 Å². The summed E-state index contributed by atoms with van der Waals surface area (Å²) in [7, 11) is 1.69. The van der Waals surface area contributed by atoms with E-state index < -0.39 is 0 Å². The SMILES string of the molecule is COc1ccc(CNCC[C@H](c2ccccc2)c2ccc(OC(C)C)cc2)cc1. The predicted molar refractivity (Wildman–Crippen MR) is 120 cm³/mol. The molecule has 3 rings (SSSR count). The summed E-state index contributed by atoms with van der Waals surface area (Å²) in [5.74, 6) is 2.17. The zero-order chi connectivity index (χ0) is 20.5. The number of benzene rings is 3. The molecule has 0 saturated carbocycles. The van der Waals surface area contributed by atoms with Crippen LogP contribution in [-0.4, -0.2) is 19.8 Å². The topological polar surface area (TPSA) is 30.5 Å². The summed E-state index contributed by atoms with van der Waals surface area (Å²) in [6, 6.07) is 27.5. The van der Waals surface area contributed by atoms with Gasteiger partial charge in [-0.1, -0.05) is 54.6 Å². The molecule has 0 aliphatic heterocycles. The minimum atomic E-state index is 0.188. The largest absolute Gasteiger partial charge is 0.497 e. The average molecular weight is 390 g/mol. The Bertz CT molecular complexity index is 842. The Balaban J connectivity index is 1.63. The van der Waals surface area contributed by atoms with E-state index in [0.29, 0.717) is 5.92 Å². The molecule has 3 aromatic rings. The van der Waals surface area contributed by atoms with Crippen molar-refractivity contribution in [2.75, 3.05) is 13.7 Å². The third-order valence-electron chi connectivity index (χ3n) is 4.95. The molecule has 3 aromatic carbocycles. The smallest absolute Gasteiger partial charge is 0.119 e. The molecule has 0 aliphatic rings. The maximum Gasteiger partial charge on any atom is 0.119 e. The van der Waals surface area contributed by atoms with E-state index in [1.807, 2.05) is 12.1 Å². The van der Waals surface area contributed by atoms with Gasteiger partial charge >= 0.3 is 0 Å². The number of hydrogen-bond donors (Lipinski definition) is 1. The fourth-order valence-electron chi connectivity index (χ4n) is 3.48. The molecule has 3 heteroatoms. The van der Waals surface area contributed by atoms with Gasteiger partial charge in [0.25, 0.3) is 0 Å². The summed E-state index contributed by atoms with van der Waals surface area (Å²) in [4.78, 5) is 0. The molecule has 0 radical (unpaired) electrons. The number of ether oxygens (including phenoxy) is 2. The van der Waals surface area contributed by atoms with Gasteiger partial charge < -0.3 is 14.8 Å². The number of rotatable bonds is 10. The highest BCUT2D eigenvalue weighted by atomic mass is 16.5. The molecule has 0 amide bonds. The second-order valence-corrected chi connectivity index (χ2v) is 7.51. The van der Waals surface area contributed by atoms with Crippen LogP contribution >= 0.6 is 0 Å². The Hall–Kier alpha value is -2.78. The molecule has 1 atom stereocenters. The maximum absolute atomic E-state index is 5.80. The molecule has 1 N–H and O–H groups in total. The second kappa shape index (κ2) is 10.7. The average Bonchev–Trinajstić information content (AvgIpc) is 2.75. The highest BCUT2D eigenvalue weighted by molar-refractivity contribution is 5.36. The van der Waals surface area contributed by atoms with Crippen molar-refractivity contribution in [2.45, 2.75) is 38.8 Å². The Kier molecular flexibility index (Phi) is 7.71. The van der Waals surface area contributed by atoms with Crippen molar-refractivity contribution in [1.82, 2.24) is 5.32 Å². The fourth-order valence-corrected chi connectivity index (χ4v) is 3.48. The fraction of sp³-hybridized carbons (Fsp3) is 0.308. The molecular weight excluding hydrogens is 358 g/mol. The lowest BCUT2D eigenvalue weighted by Crippen LogP contribution is -2.18. The summed E-state index contributed by atoms with van der Waals surface area (Å²) in [6.45, 7) is 5.90. The van der Waals surface area contributed by atoms with Crippen molar-refractivity contribution in [3.8, 4) is 11.5 Å². The van der Waals surface area contributed by atoms with Crippen LogP contribution in [0.2, 0.25) is 0 Å². The Morgan fingerprint density at radius 3 is 2.00 bits per heavy atom. The van der Waals surface area contributed by atoms with Gasteiger partial charge in [0.15, 0.2) is 0 Å². The van der Waals surface area contributed by atoms with Crippen molar-refractivity contribution in [2.24, 2.45) is 0 Å². The normalized spacial score (nSPS) is 12.0. The van der Waals surface area contributed by atoms with Gasteiger partial charge in [0.1, 0.15) is 11.5 Å². The predicted octanol–water partition coefficient (Wildman–Crippen LogP) is 5.79. The molecule has 0 saturated heterocycles. The van der Waals surface area contributed by atoms with Gasteiger partial charge in [0.05, 0.1) is 13.2 Å². The van der Waals surface area contributed by atoms with Gasteiger partial charge in [-0.2, -0.15) is 0 Å². The molecule has 0 spiro atoms. The van der Waals surface area contributed by atoms with Crippen LogP contribution in [0, 0.1) is 0 Å². The van der Waals surface area contributed by atoms with Gasteiger partial charge in [-0.05, 0) is 67.8 Å². The van der Waals surface area contributed by atoms with Crippen molar-refractivity contribution in [1.29, 1.82) is 0 Å². The maximum atomic E-state index is 5.80. The molecule has 152 valence electrons. The Morgan fingerprint density at radius 2 is 1.38 bits per heavy atom. The number of nitrogens with one attached hydrogen (secondary N) is 1. The van der Waals surface area contributed by atoms with Gasteiger partial charge in [-0.25, -0.2) is 0 Å². The lowest BCUT2D eigenvalue weighted by atomic mass is 9.88. The summed E-state index contributed by atoms with van der Waals surface area (Å²) in [5.41, 5.74) is 3.92. The summed E-state index contributed by atoms with van der Waals surface area (Å²) >= 11 is 0. The number of hydrogen-bond acceptors (Lipinski definition) is 3. The molecular formula is C26H31NO2. The molecule has 3 nitrogen and oxygen atoms in total. The molecule has 0 fully saturated rings. The highest BCUT2D eigenvalue weighted by Gasteiger charge is 2.14. The minimum Gasteiger partial charge on any atom is -0.497 e.